The lowest BCUT2D eigenvalue weighted by molar-refractivity contribution is -0.154. The molecule has 0 spiro atoms. The Morgan fingerprint density at radius 2 is 1.39 bits per heavy atom. The molecule has 22 heteroatoms. The van der Waals surface area contributed by atoms with Crippen molar-refractivity contribution in [2.45, 2.75) is 35.5 Å². The van der Waals surface area contributed by atoms with E-state index in [0.717, 1.165) is 4.81 Å². The number of halogens is 3. The smallest absolute Gasteiger partial charge is 0.347 e. The summed E-state index contributed by atoms with van der Waals surface area (Å²) in [6.45, 7) is 0. The molecule has 0 bridgehead atoms. The number of carbonyl (C=O) groups is 4. The molecule has 1 fully saturated rings. The molecule has 0 aromatic heterocycles. The number of alkyl halides is 2. The molecule has 2 aromatic carbocycles. The molecule has 2 aromatic rings. The standard InChI is InChI=1S/C22H30B12ClF2N3O4/c23-9-5-6(21(30,31)39(18(5)43)3-1-2-4(41)38-17(3)42)10(24)8(13(9)27)22(32,33)40(34)19(44)20(36,37)7-11(25)14(28)16(35)15(29)12(7)26/h3H,1-2,23-34H2,(H,38,41,42). The third kappa shape index (κ3) is 4.78. The van der Waals surface area contributed by atoms with Gasteiger partial charge in [-0.25, -0.2) is 0 Å². The number of nitrogens with one attached hydrogen (secondary N) is 1. The van der Waals surface area contributed by atoms with Gasteiger partial charge in [0.15, 0.2) is 0 Å². The predicted octanol–water partition coefficient (Wildman–Crippen LogP) is -14.7. The minimum absolute atomic E-state index is 0.120. The highest BCUT2D eigenvalue weighted by atomic mass is 35.5. The second kappa shape index (κ2) is 11.1. The molecule has 2 aliphatic rings. The number of imide groups is 1. The molecular weight excluding hydrogens is 573 g/mol. The third-order valence-corrected chi connectivity index (χ3v) is 10.9. The molecule has 1 N–H and O–H groups in total. The lowest BCUT2D eigenvalue weighted by atomic mass is 9.47. The molecule has 1 saturated heterocycles. The van der Waals surface area contributed by atoms with Crippen LogP contribution in [0.25, 0.3) is 0 Å². The maximum absolute atomic E-state index is 16.3. The summed E-state index contributed by atoms with van der Waals surface area (Å²) in [5.74, 6) is -6.41. The first-order valence-electron chi connectivity index (χ1n) is 14.8. The molecule has 1 unspecified atom stereocenters. The van der Waals surface area contributed by atoms with E-state index in [1.807, 2.05) is 31.4 Å². The van der Waals surface area contributed by atoms with Crippen LogP contribution in [0.15, 0.2) is 0 Å². The Labute approximate surface area is 272 Å². The van der Waals surface area contributed by atoms with E-state index in [2.05, 4.69) is 5.32 Å². The van der Waals surface area contributed by atoms with Crippen LogP contribution in [0.3, 0.4) is 0 Å². The van der Waals surface area contributed by atoms with Crippen LogP contribution in [0.5, 0.6) is 0 Å². The van der Waals surface area contributed by atoms with Gasteiger partial charge in [0.1, 0.15) is 92.4 Å². The Bertz CT molecular complexity index is 1660. The quantitative estimate of drug-likeness (QED) is 0.272. The van der Waals surface area contributed by atoms with Crippen LogP contribution in [0, 0.1) is 0 Å². The molecule has 2 heterocycles. The molecular formula is C22H30B12ClF2N3O4. The van der Waals surface area contributed by atoms with E-state index in [0.29, 0.717) is 49.0 Å². The number of amides is 4. The largest absolute Gasteiger partial charge is 0.393 e. The predicted molar refractivity (Wildman–Crippen MR) is 204 cm³/mol. The molecule has 0 radical (unpaired) electrons. The van der Waals surface area contributed by atoms with E-state index >= 15 is 8.78 Å². The number of benzene rings is 2. The van der Waals surface area contributed by atoms with Crippen molar-refractivity contribution in [2.75, 3.05) is 0 Å². The highest BCUT2D eigenvalue weighted by Gasteiger charge is 2.53. The zero-order chi connectivity index (χ0) is 33.6. The van der Waals surface area contributed by atoms with Gasteiger partial charge in [0.05, 0.1) is 0 Å². The Hall–Kier alpha value is -2.55. The zero-order valence-electron chi connectivity index (χ0n) is 27.7. The minimum atomic E-state index is -3.84. The number of carbonyl (C=O) groups excluding carboxylic acids is 4. The van der Waals surface area contributed by atoms with E-state index in [9.17, 15) is 19.2 Å². The lowest BCUT2D eigenvalue weighted by Crippen LogP contribution is -2.61. The van der Waals surface area contributed by atoms with Crippen LogP contribution in [-0.4, -0.2) is 134 Å². The van der Waals surface area contributed by atoms with Gasteiger partial charge in [0.2, 0.25) is 19.8 Å². The molecule has 2 aliphatic heterocycles. The summed E-state index contributed by atoms with van der Waals surface area (Å²) in [5.41, 5.74) is 5.08. The summed E-state index contributed by atoms with van der Waals surface area (Å²) < 4.78 is 32.6. The van der Waals surface area contributed by atoms with Crippen molar-refractivity contribution in [1.82, 2.24) is 15.0 Å². The Morgan fingerprint density at radius 3 is 1.89 bits per heavy atom. The first kappa shape index (κ1) is 34.3. The topological polar surface area (TPSA) is 86.8 Å². The Morgan fingerprint density at radius 1 is 0.886 bits per heavy atom. The van der Waals surface area contributed by atoms with Gasteiger partial charge >= 0.3 is 5.92 Å². The zero-order valence-corrected chi connectivity index (χ0v) is 28.4. The summed E-state index contributed by atoms with van der Waals surface area (Å²) in [5, 5.41) is 0.567. The highest BCUT2D eigenvalue weighted by Crippen LogP contribution is 2.38. The summed E-state index contributed by atoms with van der Waals surface area (Å²) >= 11 is 6.40. The molecule has 7 nitrogen and oxygen atoms in total. The van der Waals surface area contributed by atoms with Crippen LogP contribution < -0.4 is 43.6 Å². The third-order valence-electron chi connectivity index (χ3n) is 10.4. The van der Waals surface area contributed by atoms with Gasteiger partial charge in [-0.2, -0.15) is 8.78 Å². The van der Waals surface area contributed by atoms with Crippen molar-refractivity contribution in [3.8, 4) is 0 Å². The maximum Gasteiger partial charge on any atom is 0.347 e. The van der Waals surface area contributed by atoms with Crippen molar-refractivity contribution in [2.24, 2.45) is 0 Å². The van der Waals surface area contributed by atoms with Crippen LogP contribution >= 0.6 is 11.6 Å². The maximum atomic E-state index is 16.3. The SMILES string of the molecule is Bc1c(B)c(C(F)(F)C(=O)N(B)C(B)(B)c2c(B)c(B)c3c(c2B)C(B)(B)N(C2CCC(=O)NC2=O)C3=O)c(B)c(B)c1Cl. The lowest BCUT2D eigenvalue weighted by Gasteiger charge is -2.44. The molecule has 0 saturated carbocycles. The molecule has 44 heavy (non-hydrogen) atoms. The van der Waals surface area contributed by atoms with Crippen molar-refractivity contribution in [3.05, 3.63) is 27.3 Å². The number of piperidine rings is 1. The van der Waals surface area contributed by atoms with E-state index in [-0.39, 0.29) is 41.1 Å². The number of nitrogens with zero attached hydrogens (tertiary/aromatic N) is 2. The monoisotopic (exact) mass is 605 g/mol. The van der Waals surface area contributed by atoms with Crippen molar-refractivity contribution in [1.29, 1.82) is 0 Å². The molecule has 4 amide bonds. The van der Waals surface area contributed by atoms with Crippen molar-refractivity contribution in [3.63, 3.8) is 0 Å². The molecule has 1 atom stereocenters. The minimum Gasteiger partial charge on any atom is -0.393 e. The van der Waals surface area contributed by atoms with Gasteiger partial charge in [0, 0.05) is 27.9 Å². The summed E-state index contributed by atoms with van der Waals surface area (Å²) in [6, 6.07) is -0.834. The second-order valence-electron chi connectivity index (χ2n) is 13.4. The summed E-state index contributed by atoms with van der Waals surface area (Å²) in [4.78, 5) is 55.2. The van der Waals surface area contributed by atoms with Crippen LogP contribution in [0.1, 0.15) is 39.9 Å². The van der Waals surface area contributed by atoms with E-state index in [1.54, 1.807) is 54.9 Å². The number of hydrogen-bond acceptors (Lipinski definition) is 4. The fourth-order valence-electron chi connectivity index (χ4n) is 7.54. The number of rotatable bonds is 5. The van der Waals surface area contributed by atoms with Gasteiger partial charge < -0.3 is 9.71 Å². The Balaban J connectivity index is 1.85. The first-order chi connectivity index (χ1) is 20.0. The van der Waals surface area contributed by atoms with Gasteiger partial charge in [-0.1, -0.05) is 55.4 Å². The van der Waals surface area contributed by atoms with E-state index in [1.165, 1.54) is 12.9 Å². The molecule has 4 rings (SSSR count). The van der Waals surface area contributed by atoms with Crippen molar-refractivity contribution < 1.29 is 28.0 Å². The number of hydrogen-bond donors (Lipinski definition) is 1. The summed E-state index contributed by atoms with van der Waals surface area (Å²) in [7, 11) is 20.4. The summed E-state index contributed by atoms with van der Waals surface area (Å²) in [6.07, 6.45) is 0.326. The average Bonchev–Trinajstić information content (AvgIpc) is 3.13. The highest BCUT2D eigenvalue weighted by molar-refractivity contribution is 6.64. The Kier molecular flexibility index (Phi) is 8.63. The molecule has 0 aliphatic carbocycles. The van der Waals surface area contributed by atoms with Crippen LogP contribution in [0.4, 0.5) is 8.78 Å². The van der Waals surface area contributed by atoms with Crippen LogP contribution in [0.2, 0.25) is 5.02 Å². The fraction of sp³-hybridized carbons (Fsp3) is 0.273. The van der Waals surface area contributed by atoms with Crippen molar-refractivity contribution >= 4 is 168 Å². The van der Waals surface area contributed by atoms with Crippen LogP contribution in [-0.2, 0) is 31.0 Å². The second-order valence-corrected chi connectivity index (χ2v) is 13.8. The normalized spacial score (nSPS) is 18.2. The average molecular weight is 604 g/mol. The van der Waals surface area contributed by atoms with Gasteiger partial charge in [-0.05, 0) is 17.3 Å². The van der Waals surface area contributed by atoms with Gasteiger partial charge in [-0.3, -0.25) is 24.5 Å². The number of fused-ring (bicyclic) bond motifs is 1. The van der Waals surface area contributed by atoms with Gasteiger partial charge in [-0.15, -0.1) is 0 Å². The van der Waals surface area contributed by atoms with E-state index < -0.39 is 34.5 Å². The van der Waals surface area contributed by atoms with Gasteiger partial charge in [0.25, 0.3) is 11.8 Å². The van der Waals surface area contributed by atoms with E-state index in [4.69, 9.17) is 11.6 Å². The fourth-order valence-corrected chi connectivity index (χ4v) is 7.82. The molecule has 214 valence electrons. The first-order valence-corrected chi connectivity index (χ1v) is 15.2.